The molecule has 1 aromatic carbocycles. The van der Waals surface area contributed by atoms with E-state index in [1.807, 2.05) is 24.3 Å². The molecule has 9 heteroatoms. The molecule has 1 N–H and O–H groups in total. The number of urea groups is 1. The van der Waals surface area contributed by atoms with Gasteiger partial charge in [0.1, 0.15) is 6.04 Å². The Morgan fingerprint density at radius 1 is 1.19 bits per heavy atom. The number of aromatic nitrogens is 1. The molecule has 3 heterocycles. The monoisotopic (exact) mass is 438 g/mol. The van der Waals surface area contributed by atoms with Crippen LogP contribution in [0.25, 0.3) is 0 Å². The minimum atomic E-state index is -0.521. The lowest BCUT2D eigenvalue weighted by atomic mass is 9.94. The maximum atomic E-state index is 12.9. The molecule has 2 aromatic rings. The number of hydrogen-bond donors (Lipinski definition) is 1. The molecule has 0 spiro atoms. The first-order chi connectivity index (χ1) is 15.5. The van der Waals surface area contributed by atoms with Gasteiger partial charge in [-0.15, -0.1) is 0 Å². The summed E-state index contributed by atoms with van der Waals surface area (Å²) in [6, 6.07) is 6.60. The SMILES string of the molecule is COc1cc2c(cc1OC)CN1C(=O)N(CCCC(=O)NCc3cccnc3)C(=O)[C@H]1C2. The van der Waals surface area contributed by atoms with Crippen molar-refractivity contribution in [3.8, 4) is 11.5 Å². The van der Waals surface area contributed by atoms with Crippen LogP contribution in [0.3, 0.4) is 0 Å². The van der Waals surface area contributed by atoms with Gasteiger partial charge in [0.2, 0.25) is 5.91 Å². The van der Waals surface area contributed by atoms with Crippen LogP contribution in [0.1, 0.15) is 29.5 Å². The molecule has 4 rings (SSSR count). The lowest BCUT2D eigenvalue weighted by Crippen LogP contribution is -2.40. The number of methoxy groups -OCH3 is 2. The molecule has 4 amide bonds. The average molecular weight is 438 g/mol. The standard InChI is InChI=1S/C23H26N4O5/c1-31-19-10-16-9-18-22(29)26(23(30)27(18)14-17(16)11-20(19)32-2)8-4-6-21(28)25-13-15-5-3-7-24-12-15/h3,5,7,10-12,18H,4,6,8-9,13-14H2,1-2H3,(H,25,28)/t18-/m1/s1. The van der Waals surface area contributed by atoms with Crippen molar-refractivity contribution in [2.24, 2.45) is 0 Å². The van der Waals surface area contributed by atoms with E-state index in [1.54, 1.807) is 31.5 Å². The maximum Gasteiger partial charge on any atom is 0.327 e. The van der Waals surface area contributed by atoms with Crippen molar-refractivity contribution in [2.45, 2.75) is 38.4 Å². The Hall–Kier alpha value is -3.62. The number of nitrogens with one attached hydrogen (secondary N) is 1. The van der Waals surface area contributed by atoms with Gasteiger partial charge in [0.25, 0.3) is 5.91 Å². The van der Waals surface area contributed by atoms with Gasteiger partial charge in [0, 0.05) is 44.9 Å². The summed E-state index contributed by atoms with van der Waals surface area (Å²) < 4.78 is 10.7. The fourth-order valence-corrected chi connectivity index (χ4v) is 4.16. The molecule has 0 bridgehead atoms. The van der Waals surface area contributed by atoms with E-state index in [9.17, 15) is 14.4 Å². The Morgan fingerprint density at radius 3 is 2.62 bits per heavy atom. The highest BCUT2D eigenvalue weighted by Crippen LogP contribution is 2.37. The van der Waals surface area contributed by atoms with E-state index >= 15 is 0 Å². The van der Waals surface area contributed by atoms with Crippen molar-refractivity contribution in [1.82, 2.24) is 20.1 Å². The van der Waals surface area contributed by atoms with E-state index in [4.69, 9.17) is 9.47 Å². The van der Waals surface area contributed by atoms with Gasteiger partial charge in [0.15, 0.2) is 11.5 Å². The molecular weight excluding hydrogens is 412 g/mol. The summed E-state index contributed by atoms with van der Waals surface area (Å²) in [5.74, 6) is 0.853. The van der Waals surface area contributed by atoms with Gasteiger partial charge in [-0.2, -0.15) is 0 Å². The fraction of sp³-hybridized carbons (Fsp3) is 0.391. The van der Waals surface area contributed by atoms with Crippen molar-refractivity contribution in [1.29, 1.82) is 0 Å². The molecule has 1 aromatic heterocycles. The predicted octanol–water partition coefficient (Wildman–Crippen LogP) is 1.88. The summed E-state index contributed by atoms with van der Waals surface area (Å²) in [6.45, 7) is 0.955. The van der Waals surface area contributed by atoms with E-state index in [1.165, 1.54) is 4.90 Å². The Morgan fingerprint density at radius 2 is 1.94 bits per heavy atom. The highest BCUT2D eigenvalue weighted by atomic mass is 16.5. The molecule has 0 aliphatic carbocycles. The second-order valence-corrected chi connectivity index (χ2v) is 7.84. The number of fused-ring (bicyclic) bond motifs is 2. The number of hydrogen-bond acceptors (Lipinski definition) is 6. The lowest BCUT2D eigenvalue weighted by Gasteiger charge is -2.29. The summed E-state index contributed by atoms with van der Waals surface area (Å²) in [6.07, 6.45) is 4.44. The highest BCUT2D eigenvalue weighted by Gasteiger charge is 2.47. The van der Waals surface area contributed by atoms with Crippen LogP contribution < -0.4 is 14.8 Å². The number of rotatable bonds is 8. The first-order valence-electron chi connectivity index (χ1n) is 10.5. The molecule has 1 fully saturated rings. The minimum absolute atomic E-state index is 0.128. The fourth-order valence-electron chi connectivity index (χ4n) is 4.16. The zero-order valence-electron chi connectivity index (χ0n) is 18.2. The quantitative estimate of drug-likeness (QED) is 0.632. The second-order valence-electron chi connectivity index (χ2n) is 7.84. The first kappa shape index (κ1) is 21.6. The number of imide groups is 1. The third-order valence-electron chi connectivity index (χ3n) is 5.86. The lowest BCUT2D eigenvalue weighted by molar-refractivity contribution is -0.129. The summed E-state index contributed by atoms with van der Waals surface area (Å²) in [4.78, 5) is 44.8. The van der Waals surface area contributed by atoms with Crippen molar-refractivity contribution in [3.05, 3.63) is 53.3 Å². The second kappa shape index (κ2) is 9.25. The number of carbonyl (C=O) groups is 3. The molecule has 0 unspecified atom stereocenters. The summed E-state index contributed by atoms with van der Waals surface area (Å²) >= 11 is 0. The number of ether oxygens (including phenoxy) is 2. The minimum Gasteiger partial charge on any atom is -0.493 e. The van der Waals surface area contributed by atoms with E-state index < -0.39 is 6.04 Å². The van der Waals surface area contributed by atoms with Crippen LogP contribution in [0.4, 0.5) is 4.79 Å². The van der Waals surface area contributed by atoms with Gasteiger partial charge in [-0.25, -0.2) is 4.79 Å². The third kappa shape index (κ3) is 4.23. The summed E-state index contributed by atoms with van der Waals surface area (Å²) in [5.41, 5.74) is 2.83. The topological polar surface area (TPSA) is 101 Å². The summed E-state index contributed by atoms with van der Waals surface area (Å²) in [7, 11) is 3.13. The van der Waals surface area contributed by atoms with Crippen molar-refractivity contribution in [2.75, 3.05) is 20.8 Å². The molecule has 0 radical (unpaired) electrons. The van der Waals surface area contributed by atoms with Gasteiger partial charge < -0.3 is 19.7 Å². The van der Waals surface area contributed by atoms with E-state index in [0.717, 1.165) is 16.7 Å². The molecule has 2 aliphatic rings. The van der Waals surface area contributed by atoms with Crippen LogP contribution in [0.5, 0.6) is 11.5 Å². The van der Waals surface area contributed by atoms with Crippen molar-refractivity contribution >= 4 is 17.8 Å². The van der Waals surface area contributed by atoms with Crippen molar-refractivity contribution < 1.29 is 23.9 Å². The van der Waals surface area contributed by atoms with Crippen LogP contribution in [0.2, 0.25) is 0 Å². The van der Waals surface area contributed by atoms with Crippen LogP contribution in [-0.4, -0.2) is 59.4 Å². The largest absolute Gasteiger partial charge is 0.493 e. The Balaban J connectivity index is 1.34. The zero-order valence-corrected chi connectivity index (χ0v) is 18.2. The number of pyridine rings is 1. The summed E-state index contributed by atoms with van der Waals surface area (Å²) in [5, 5.41) is 2.83. The highest BCUT2D eigenvalue weighted by molar-refractivity contribution is 6.04. The van der Waals surface area contributed by atoms with Gasteiger partial charge in [-0.3, -0.25) is 19.5 Å². The third-order valence-corrected chi connectivity index (χ3v) is 5.86. The molecule has 9 nitrogen and oxygen atoms in total. The van der Waals surface area contributed by atoms with E-state index in [2.05, 4.69) is 10.3 Å². The zero-order chi connectivity index (χ0) is 22.7. The van der Waals surface area contributed by atoms with E-state index in [-0.39, 0.29) is 30.8 Å². The first-order valence-corrected chi connectivity index (χ1v) is 10.5. The molecule has 32 heavy (non-hydrogen) atoms. The number of amides is 4. The number of benzene rings is 1. The van der Waals surface area contributed by atoms with Crippen LogP contribution >= 0.6 is 0 Å². The van der Waals surface area contributed by atoms with Crippen molar-refractivity contribution in [3.63, 3.8) is 0 Å². The molecule has 168 valence electrons. The van der Waals surface area contributed by atoms with E-state index in [0.29, 0.717) is 37.4 Å². The number of carbonyl (C=O) groups excluding carboxylic acids is 3. The molecular formula is C23H26N4O5. The van der Waals surface area contributed by atoms with Crippen LogP contribution in [-0.2, 0) is 29.1 Å². The predicted molar refractivity (Wildman–Crippen MR) is 115 cm³/mol. The molecule has 0 saturated carbocycles. The Kier molecular flexibility index (Phi) is 6.25. The van der Waals surface area contributed by atoms with Crippen LogP contribution in [0.15, 0.2) is 36.7 Å². The van der Waals surface area contributed by atoms with Gasteiger partial charge in [-0.05, 0) is 41.3 Å². The van der Waals surface area contributed by atoms with Crippen LogP contribution in [0, 0.1) is 0 Å². The van der Waals surface area contributed by atoms with Gasteiger partial charge >= 0.3 is 6.03 Å². The number of nitrogens with zero attached hydrogens (tertiary/aromatic N) is 3. The van der Waals surface area contributed by atoms with Gasteiger partial charge in [0.05, 0.1) is 14.2 Å². The Bertz CT molecular complexity index is 976. The maximum absolute atomic E-state index is 12.9. The molecule has 1 saturated heterocycles. The Labute approximate surface area is 186 Å². The average Bonchev–Trinajstić information content (AvgIpc) is 3.05. The van der Waals surface area contributed by atoms with Gasteiger partial charge in [-0.1, -0.05) is 6.07 Å². The molecule has 1 atom stereocenters. The smallest absolute Gasteiger partial charge is 0.327 e. The normalized spacial score (nSPS) is 17.1. The molecule has 2 aliphatic heterocycles.